The molecule has 1 aliphatic rings. The van der Waals surface area contributed by atoms with Gasteiger partial charge in [0.15, 0.2) is 12.2 Å². The summed E-state index contributed by atoms with van der Waals surface area (Å²) >= 11 is 0. The summed E-state index contributed by atoms with van der Waals surface area (Å²) in [6, 6.07) is 0. The molecule has 0 radical (unpaired) electrons. The molecule has 1 unspecified atom stereocenters. The van der Waals surface area contributed by atoms with Crippen molar-refractivity contribution < 1.29 is 4.74 Å². The van der Waals surface area contributed by atoms with Crippen LogP contribution < -0.4 is 10.6 Å². The van der Waals surface area contributed by atoms with Crippen LogP contribution in [0, 0.1) is 0 Å². The van der Waals surface area contributed by atoms with Crippen LogP contribution in [0.2, 0.25) is 0 Å². The Kier molecular flexibility index (Phi) is 2.92. The fraction of sp³-hybridized carbons (Fsp3) is 0.571. The molecule has 0 saturated heterocycles. The molecule has 2 N–H and O–H groups in total. The average Bonchev–Trinajstić information content (AvgIpc) is 2.06. The number of allylic oxidation sites excluding steroid dienone is 1. The molecule has 0 bridgehead atoms. The highest BCUT2D eigenvalue weighted by atomic mass is 16.5. The molecular formula is C7H13N3O. The number of ether oxygens (including phenoxy) is 1. The number of nitrogens with zero attached hydrogens (tertiary/aromatic N) is 1. The molecule has 4 nitrogen and oxygen atoms in total. The Labute approximate surface area is 66.3 Å². The predicted octanol–water partition coefficient (Wildman–Crippen LogP) is 0.0413. The molecule has 0 spiro atoms. The van der Waals surface area contributed by atoms with Crippen molar-refractivity contribution >= 4 is 6.21 Å². The number of hydrogen-bond acceptors (Lipinski definition) is 4. The molecule has 0 aromatic heterocycles. The van der Waals surface area contributed by atoms with Crippen LogP contribution in [-0.2, 0) is 4.74 Å². The van der Waals surface area contributed by atoms with Crippen molar-refractivity contribution in [1.29, 1.82) is 0 Å². The molecule has 0 saturated carbocycles. The average molecular weight is 155 g/mol. The smallest absolute Gasteiger partial charge is 0.190 e. The first-order valence-corrected chi connectivity index (χ1v) is 3.64. The fourth-order valence-electron chi connectivity index (χ4n) is 0.841. The van der Waals surface area contributed by atoms with Gasteiger partial charge in [0.05, 0.1) is 7.11 Å². The molecule has 4 heteroatoms. The Bertz CT molecular complexity index is 177. The Morgan fingerprint density at radius 1 is 1.82 bits per heavy atom. The molecule has 0 aromatic rings. The van der Waals surface area contributed by atoms with Crippen LogP contribution in [0.1, 0.15) is 6.92 Å². The maximum Gasteiger partial charge on any atom is 0.190 e. The minimum absolute atomic E-state index is 0.0417. The standard InChI is InChI=1S/C7H13N3O/c1-3-8-7-9-5-4-6(10-7)11-2/h4-5,7-8,10H,3H2,1-2H3. The van der Waals surface area contributed by atoms with Gasteiger partial charge in [-0.2, -0.15) is 0 Å². The summed E-state index contributed by atoms with van der Waals surface area (Å²) in [5.41, 5.74) is 0. The quantitative estimate of drug-likeness (QED) is 0.605. The van der Waals surface area contributed by atoms with Gasteiger partial charge in [0.2, 0.25) is 0 Å². The first kappa shape index (κ1) is 8.07. The van der Waals surface area contributed by atoms with Crippen molar-refractivity contribution in [1.82, 2.24) is 10.6 Å². The third-order valence-electron chi connectivity index (χ3n) is 1.36. The maximum absolute atomic E-state index is 4.99. The summed E-state index contributed by atoms with van der Waals surface area (Å²) in [6.45, 7) is 2.91. The van der Waals surface area contributed by atoms with E-state index in [9.17, 15) is 0 Å². The van der Waals surface area contributed by atoms with Crippen LogP contribution in [0.5, 0.6) is 0 Å². The minimum Gasteiger partial charge on any atom is -0.482 e. The number of aliphatic imine (C=N–C) groups is 1. The second kappa shape index (κ2) is 3.98. The number of methoxy groups -OCH3 is 1. The molecule has 0 amide bonds. The molecule has 0 aromatic carbocycles. The van der Waals surface area contributed by atoms with E-state index in [1.54, 1.807) is 19.4 Å². The zero-order valence-electron chi connectivity index (χ0n) is 6.79. The highest BCUT2D eigenvalue weighted by Crippen LogP contribution is 1.96. The van der Waals surface area contributed by atoms with E-state index in [1.807, 2.05) is 6.92 Å². The van der Waals surface area contributed by atoms with E-state index in [1.165, 1.54) is 0 Å². The fourth-order valence-corrected chi connectivity index (χ4v) is 0.841. The second-order valence-corrected chi connectivity index (χ2v) is 2.14. The van der Waals surface area contributed by atoms with E-state index < -0.39 is 0 Å². The van der Waals surface area contributed by atoms with Gasteiger partial charge in [0.25, 0.3) is 0 Å². The van der Waals surface area contributed by atoms with E-state index in [2.05, 4.69) is 15.6 Å². The maximum atomic E-state index is 4.99. The van der Waals surface area contributed by atoms with E-state index in [0.717, 1.165) is 12.4 Å². The number of hydrogen-bond donors (Lipinski definition) is 2. The normalized spacial score (nSPS) is 22.4. The van der Waals surface area contributed by atoms with Crippen LogP contribution in [0.15, 0.2) is 17.0 Å². The van der Waals surface area contributed by atoms with Crippen LogP contribution in [0.3, 0.4) is 0 Å². The van der Waals surface area contributed by atoms with Gasteiger partial charge >= 0.3 is 0 Å². The summed E-state index contributed by atoms with van der Waals surface area (Å²) in [7, 11) is 1.63. The topological polar surface area (TPSA) is 45.7 Å². The lowest BCUT2D eigenvalue weighted by Gasteiger charge is -2.19. The van der Waals surface area contributed by atoms with Gasteiger partial charge in [-0.15, -0.1) is 0 Å². The summed E-state index contributed by atoms with van der Waals surface area (Å²) in [5, 5.41) is 6.15. The van der Waals surface area contributed by atoms with Crippen LogP contribution in [0.4, 0.5) is 0 Å². The molecule has 11 heavy (non-hydrogen) atoms. The highest BCUT2D eigenvalue weighted by molar-refractivity contribution is 5.72. The van der Waals surface area contributed by atoms with E-state index in [-0.39, 0.29) is 6.29 Å². The molecule has 1 heterocycles. The molecule has 1 rings (SSSR count). The number of nitrogens with one attached hydrogen (secondary N) is 2. The number of rotatable bonds is 3. The summed E-state index contributed by atoms with van der Waals surface area (Å²) < 4.78 is 4.99. The zero-order chi connectivity index (χ0) is 8.10. The van der Waals surface area contributed by atoms with Crippen LogP contribution in [-0.4, -0.2) is 26.2 Å². The Hall–Kier alpha value is -1.03. The van der Waals surface area contributed by atoms with Gasteiger partial charge in [-0.05, 0) is 6.54 Å². The largest absolute Gasteiger partial charge is 0.482 e. The molecule has 1 atom stereocenters. The lowest BCUT2D eigenvalue weighted by molar-refractivity contribution is 0.241. The van der Waals surface area contributed by atoms with Gasteiger partial charge in [-0.3, -0.25) is 10.3 Å². The van der Waals surface area contributed by atoms with E-state index >= 15 is 0 Å². The van der Waals surface area contributed by atoms with Crippen molar-refractivity contribution in [2.75, 3.05) is 13.7 Å². The van der Waals surface area contributed by atoms with Gasteiger partial charge in [0.1, 0.15) is 0 Å². The summed E-state index contributed by atoms with van der Waals surface area (Å²) in [6.07, 6.45) is 3.47. The van der Waals surface area contributed by atoms with Crippen LogP contribution >= 0.6 is 0 Å². The Balaban J connectivity index is 2.41. The SMILES string of the molecule is CCNC1N=CC=C(OC)N1. The Morgan fingerprint density at radius 2 is 2.64 bits per heavy atom. The monoisotopic (exact) mass is 155 g/mol. The third kappa shape index (κ3) is 2.23. The van der Waals surface area contributed by atoms with Gasteiger partial charge < -0.3 is 10.1 Å². The van der Waals surface area contributed by atoms with Crippen molar-refractivity contribution in [3.63, 3.8) is 0 Å². The first-order valence-electron chi connectivity index (χ1n) is 3.64. The Morgan fingerprint density at radius 3 is 3.27 bits per heavy atom. The van der Waals surface area contributed by atoms with Crippen molar-refractivity contribution in [3.05, 3.63) is 12.0 Å². The first-order chi connectivity index (χ1) is 5.36. The lowest BCUT2D eigenvalue weighted by Crippen LogP contribution is -2.42. The highest BCUT2D eigenvalue weighted by Gasteiger charge is 2.07. The molecule has 0 fully saturated rings. The van der Waals surface area contributed by atoms with Crippen molar-refractivity contribution in [3.8, 4) is 0 Å². The molecule has 62 valence electrons. The van der Waals surface area contributed by atoms with Crippen molar-refractivity contribution in [2.24, 2.45) is 4.99 Å². The lowest BCUT2D eigenvalue weighted by atomic mass is 10.5. The summed E-state index contributed by atoms with van der Waals surface area (Å²) in [4.78, 5) is 4.11. The van der Waals surface area contributed by atoms with Crippen molar-refractivity contribution in [2.45, 2.75) is 13.2 Å². The second-order valence-electron chi connectivity index (χ2n) is 2.14. The molecule has 0 aliphatic carbocycles. The predicted molar refractivity (Wildman–Crippen MR) is 44.2 cm³/mol. The zero-order valence-corrected chi connectivity index (χ0v) is 6.79. The molecule has 1 aliphatic heterocycles. The van der Waals surface area contributed by atoms with Gasteiger partial charge in [-0.1, -0.05) is 6.92 Å². The van der Waals surface area contributed by atoms with Gasteiger partial charge in [0, 0.05) is 12.3 Å². The minimum atomic E-state index is -0.0417. The van der Waals surface area contributed by atoms with Crippen LogP contribution in [0.25, 0.3) is 0 Å². The summed E-state index contributed by atoms with van der Waals surface area (Å²) in [5.74, 6) is 0.742. The van der Waals surface area contributed by atoms with E-state index in [4.69, 9.17) is 4.74 Å². The van der Waals surface area contributed by atoms with E-state index in [0.29, 0.717) is 0 Å². The van der Waals surface area contributed by atoms with Gasteiger partial charge in [-0.25, -0.2) is 0 Å². The third-order valence-corrected chi connectivity index (χ3v) is 1.36. The molecular weight excluding hydrogens is 142 g/mol.